The number of ether oxygens (including phenoxy) is 2. The summed E-state index contributed by atoms with van der Waals surface area (Å²) in [6, 6.07) is 49.5. The van der Waals surface area contributed by atoms with Crippen LogP contribution in [-0.2, 0) is 47.0 Å². The lowest BCUT2D eigenvalue weighted by Gasteiger charge is -2.13. The van der Waals surface area contributed by atoms with Crippen LogP contribution in [0.3, 0.4) is 0 Å². The van der Waals surface area contributed by atoms with Gasteiger partial charge in [0.05, 0.1) is 39.6 Å². The molecule has 0 aliphatic carbocycles. The predicted octanol–water partition coefficient (Wildman–Crippen LogP) is 3.85. The van der Waals surface area contributed by atoms with Crippen molar-refractivity contribution in [2.75, 3.05) is 27.4 Å². The van der Waals surface area contributed by atoms with Gasteiger partial charge in [0.25, 0.3) is 0 Å². The van der Waals surface area contributed by atoms with E-state index in [4.69, 9.17) is 27.9 Å². The van der Waals surface area contributed by atoms with E-state index in [1.165, 1.54) is 25.3 Å². The molecule has 3 aliphatic heterocycles. The molecule has 0 bridgehead atoms. The van der Waals surface area contributed by atoms with E-state index >= 15 is 0 Å². The van der Waals surface area contributed by atoms with Crippen molar-refractivity contribution in [2.24, 2.45) is 0 Å². The van der Waals surface area contributed by atoms with E-state index in [0.29, 0.717) is 18.7 Å². The first-order chi connectivity index (χ1) is 26.0. The molecule has 8 rings (SSSR count). The first kappa shape index (κ1) is 37.7. The number of hydrogen-bond donors (Lipinski definition) is 0. The maximum Gasteiger partial charge on any atom is 0.495 e. The van der Waals surface area contributed by atoms with Crippen LogP contribution >= 0.6 is 0 Å². The molecule has 53 heavy (non-hydrogen) atoms. The second kappa shape index (κ2) is 19.2. The summed E-state index contributed by atoms with van der Waals surface area (Å²) in [7, 11) is 1.17. The van der Waals surface area contributed by atoms with Crippen molar-refractivity contribution in [1.82, 2.24) is 0 Å². The number of rotatable bonds is 7. The van der Waals surface area contributed by atoms with Crippen molar-refractivity contribution in [3.05, 3.63) is 163 Å². The number of carbonyl (C=O) groups excluding carboxylic acids is 2. The lowest BCUT2D eigenvalue weighted by molar-refractivity contribution is -0.160. The van der Waals surface area contributed by atoms with Gasteiger partial charge in [-0.3, -0.25) is 0 Å². The van der Waals surface area contributed by atoms with Gasteiger partial charge in [0.2, 0.25) is 0 Å². The highest BCUT2D eigenvalue weighted by molar-refractivity contribution is 6.62. The molecule has 0 radical (unpaired) electrons. The Morgan fingerprint density at radius 1 is 0.453 bits per heavy atom. The summed E-state index contributed by atoms with van der Waals surface area (Å²) < 4.78 is 43.2. The van der Waals surface area contributed by atoms with Gasteiger partial charge in [0.15, 0.2) is 12.2 Å². The predicted molar refractivity (Wildman–Crippen MR) is 202 cm³/mol. The third-order valence-corrected chi connectivity index (χ3v) is 8.61. The van der Waals surface area contributed by atoms with E-state index in [2.05, 4.69) is 33.7 Å². The Hall–Kier alpha value is -5.01. The van der Waals surface area contributed by atoms with Gasteiger partial charge in [0.1, 0.15) is 0 Å². The molecule has 3 fully saturated rings. The zero-order valence-corrected chi connectivity index (χ0v) is 29.5. The van der Waals surface area contributed by atoms with Crippen LogP contribution in [0.5, 0.6) is 0 Å². The van der Waals surface area contributed by atoms with E-state index in [0.717, 1.165) is 10.9 Å². The van der Waals surface area contributed by atoms with E-state index in [-0.39, 0.29) is 26.4 Å². The Labute approximate surface area is 310 Å². The second-order valence-corrected chi connectivity index (χ2v) is 12.1. The first-order valence-electron chi connectivity index (χ1n) is 17.3. The molecular formula is C40H39B3O10. The minimum Gasteiger partial charge on any atom is -0.467 e. The van der Waals surface area contributed by atoms with Gasteiger partial charge in [-0.05, 0) is 27.5 Å². The zero-order chi connectivity index (χ0) is 36.8. The Balaban J connectivity index is 0.000000136. The van der Waals surface area contributed by atoms with Gasteiger partial charge in [-0.15, -0.1) is 0 Å². The van der Waals surface area contributed by atoms with Crippen LogP contribution in [0, 0.1) is 0 Å². The number of esters is 2. The second-order valence-electron chi connectivity index (χ2n) is 12.1. The highest BCUT2D eigenvalue weighted by Crippen LogP contribution is 2.25. The van der Waals surface area contributed by atoms with Crippen LogP contribution in [-0.4, -0.2) is 72.9 Å². The van der Waals surface area contributed by atoms with Crippen LogP contribution in [0.4, 0.5) is 0 Å². The van der Waals surface area contributed by atoms with E-state index < -0.39 is 31.3 Å². The molecule has 0 amide bonds. The van der Waals surface area contributed by atoms with Gasteiger partial charge in [0, 0.05) is 0 Å². The molecule has 13 heteroatoms. The van der Waals surface area contributed by atoms with Gasteiger partial charge in [-0.2, -0.15) is 0 Å². The van der Waals surface area contributed by atoms with Gasteiger partial charge in [-0.25, -0.2) is 9.59 Å². The van der Waals surface area contributed by atoms with E-state index in [1.54, 1.807) is 24.3 Å². The zero-order valence-electron chi connectivity index (χ0n) is 29.5. The van der Waals surface area contributed by atoms with Crippen LogP contribution in [0.15, 0.2) is 152 Å². The summed E-state index contributed by atoms with van der Waals surface area (Å²) in [6.07, 6.45) is -2.16. The molecule has 0 saturated carbocycles. The summed E-state index contributed by atoms with van der Waals surface area (Å²) >= 11 is 0. The minimum atomic E-state index is -1.12. The fourth-order valence-corrected chi connectivity index (χ4v) is 5.86. The average Bonchev–Trinajstić information content (AvgIpc) is 4.04. The van der Waals surface area contributed by atoms with Crippen molar-refractivity contribution >= 4 is 49.7 Å². The lowest BCUT2D eigenvalue weighted by Crippen LogP contribution is -2.38. The molecule has 268 valence electrons. The fourth-order valence-electron chi connectivity index (χ4n) is 5.86. The topological polar surface area (TPSA) is 108 Å². The van der Waals surface area contributed by atoms with Gasteiger partial charge >= 0.3 is 33.3 Å². The van der Waals surface area contributed by atoms with Crippen molar-refractivity contribution in [3.63, 3.8) is 0 Å². The molecule has 0 N–H and O–H groups in total. The largest absolute Gasteiger partial charge is 0.495 e. The number of hydrogen-bond acceptors (Lipinski definition) is 10. The van der Waals surface area contributed by atoms with E-state index in [1.807, 2.05) is 103 Å². The van der Waals surface area contributed by atoms with Crippen LogP contribution in [0.2, 0.25) is 0 Å². The molecule has 10 nitrogen and oxygen atoms in total. The molecule has 0 unspecified atom stereocenters. The van der Waals surface area contributed by atoms with Crippen LogP contribution < -0.4 is 16.4 Å². The van der Waals surface area contributed by atoms with Crippen molar-refractivity contribution in [1.29, 1.82) is 0 Å². The Morgan fingerprint density at radius 3 is 1.08 bits per heavy atom. The first-order valence-corrected chi connectivity index (χ1v) is 17.3. The number of methoxy groups -OCH3 is 2. The summed E-state index contributed by atoms with van der Waals surface area (Å²) in [5.41, 5.74) is 5.21. The lowest BCUT2D eigenvalue weighted by atomic mass is 9.79. The summed E-state index contributed by atoms with van der Waals surface area (Å²) in [6.45, 7) is 1.23. The van der Waals surface area contributed by atoms with Crippen molar-refractivity contribution in [3.8, 4) is 0 Å². The van der Waals surface area contributed by atoms with E-state index in [9.17, 15) is 9.59 Å². The summed E-state index contributed by atoms with van der Waals surface area (Å²) in [5, 5.41) is 0. The normalized spacial score (nSPS) is 20.5. The molecular weight excluding hydrogens is 673 g/mol. The monoisotopic (exact) mass is 712 g/mol. The molecule has 5 aromatic rings. The molecule has 3 aliphatic rings. The molecule has 0 spiro atoms. The number of carbonyl (C=O) groups is 2. The highest BCUT2D eigenvalue weighted by Gasteiger charge is 2.49. The van der Waals surface area contributed by atoms with Crippen LogP contribution in [0.1, 0.15) is 23.3 Å². The Morgan fingerprint density at radius 2 is 0.755 bits per heavy atom. The molecule has 3 saturated heterocycles. The van der Waals surface area contributed by atoms with Crippen LogP contribution in [0.25, 0.3) is 0 Å². The van der Waals surface area contributed by atoms with Gasteiger partial charge < -0.3 is 37.4 Å². The van der Waals surface area contributed by atoms with Gasteiger partial charge in [-0.1, -0.05) is 152 Å². The Bertz CT molecular complexity index is 1630. The molecule has 3 heterocycles. The minimum absolute atomic E-state index is 0.0430. The van der Waals surface area contributed by atoms with Crippen molar-refractivity contribution < 1.29 is 47.0 Å². The molecule has 4 atom stereocenters. The SMILES string of the molecule is COC(=O)[C@H]1OB(c2ccccc2)O[C@@H]1C(=O)OC.c1ccc(B2OC[C@@H](c3ccccc3)O2)cc1.c1ccc(B2OC[C@H](c3ccccc3)O2)cc1. The third kappa shape index (κ3) is 10.1. The van der Waals surface area contributed by atoms with Crippen molar-refractivity contribution in [2.45, 2.75) is 24.4 Å². The smallest absolute Gasteiger partial charge is 0.467 e. The maximum absolute atomic E-state index is 11.6. The fraction of sp³-hybridized carbons (Fsp3) is 0.200. The summed E-state index contributed by atoms with van der Waals surface area (Å²) in [4.78, 5) is 23.2. The third-order valence-electron chi connectivity index (χ3n) is 8.61. The summed E-state index contributed by atoms with van der Waals surface area (Å²) in [5.74, 6) is -1.34. The quantitative estimate of drug-likeness (QED) is 0.183. The Kier molecular flexibility index (Phi) is 13.7. The highest BCUT2D eigenvalue weighted by atomic mass is 16.7. The maximum atomic E-state index is 11.6. The average molecular weight is 712 g/mol. The molecule has 5 aromatic carbocycles. The standard InChI is InChI=1S/2C14H13BO2.C12H13BO6/c2*1-3-7-12(8-4-1)14-11-16-15(17-14)13-9-5-2-6-10-13;1-16-11(14)9-10(12(15)17-2)19-13(18-9)8-6-4-3-5-7-8/h2*1-10,14H,11H2;3-7,9-10H,1-2H3/t2*14-;9-,10-/m100/s1. The number of benzene rings is 5. The molecule has 0 aromatic heterocycles.